The predicted octanol–water partition coefficient (Wildman–Crippen LogP) is 10.6. The van der Waals surface area contributed by atoms with Crippen LogP contribution in [0.3, 0.4) is 0 Å². The minimum Gasteiger partial charge on any atom is -0.497 e. The highest BCUT2D eigenvalue weighted by Gasteiger charge is 2.37. The molecule has 236 valence electrons. The van der Waals surface area contributed by atoms with Crippen LogP contribution in [-0.4, -0.2) is 27.2 Å². The smallest absolute Gasteiger partial charge is 0.308 e. The van der Waals surface area contributed by atoms with Gasteiger partial charge in [0, 0.05) is 41.6 Å². The van der Waals surface area contributed by atoms with Crippen LogP contribution in [0, 0.1) is 0 Å². The zero-order valence-corrected chi connectivity index (χ0v) is 27.6. The second-order valence-corrected chi connectivity index (χ2v) is 12.3. The molecule has 0 aromatic heterocycles. The Balaban J connectivity index is 1.28. The molecule has 0 atom stereocenters. The summed E-state index contributed by atoms with van der Waals surface area (Å²) in [6, 6.07) is 50.3. The summed E-state index contributed by atoms with van der Waals surface area (Å²) < 4.78 is 11.4. The van der Waals surface area contributed by atoms with Gasteiger partial charge in [0.1, 0.15) is 22.9 Å². The number of hydrogen-bond donors (Lipinski definition) is 0. The molecule has 6 aromatic rings. The number of methoxy groups -OCH3 is 1. The molecule has 6 aromatic carbocycles. The highest BCUT2D eigenvalue weighted by molar-refractivity contribution is 5.97. The number of fused-ring (bicyclic) bond motifs is 3. The lowest BCUT2D eigenvalue weighted by Crippen LogP contribution is -2.32. The van der Waals surface area contributed by atoms with Gasteiger partial charge in [-0.05, 0) is 95.1 Å². The lowest BCUT2D eigenvalue weighted by atomic mass is 9.95. The number of rotatable bonds is 8. The van der Waals surface area contributed by atoms with Crippen LogP contribution in [-0.2, 0) is 4.79 Å². The number of ether oxygens (including phenoxy) is 2. The van der Waals surface area contributed by atoms with Crippen LogP contribution in [0.1, 0.15) is 23.6 Å². The van der Waals surface area contributed by atoms with E-state index in [0.717, 1.165) is 45.1 Å². The molecule has 48 heavy (non-hydrogen) atoms. The first-order valence-corrected chi connectivity index (χ1v) is 16.0. The molecule has 0 saturated carbocycles. The van der Waals surface area contributed by atoms with Gasteiger partial charge < -0.3 is 14.4 Å². The Morgan fingerprint density at radius 1 is 0.604 bits per heavy atom. The van der Waals surface area contributed by atoms with Crippen molar-refractivity contribution in [3.63, 3.8) is 0 Å². The van der Waals surface area contributed by atoms with Gasteiger partial charge in [0.15, 0.2) is 0 Å². The molecule has 1 aliphatic rings. The maximum absolute atomic E-state index is 11.5. The Morgan fingerprint density at radius 2 is 1.17 bits per heavy atom. The molecule has 1 aliphatic heterocycles. The van der Waals surface area contributed by atoms with Crippen LogP contribution in [0.15, 0.2) is 146 Å². The molecule has 0 spiro atoms. The monoisotopic (exact) mass is 629 g/mol. The molecule has 0 saturated heterocycles. The average molecular weight is 630 g/mol. The third-order valence-electron chi connectivity index (χ3n) is 8.94. The van der Waals surface area contributed by atoms with E-state index in [-0.39, 0.29) is 5.97 Å². The third-order valence-corrected chi connectivity index (χ3v) is 8.94. The summed E-state index contributed by atoms with van der Waals surface area (Å²) in [6.45, 7) is 1.41. The fraction of sp³-hybridized carbons (Fsp3) is 0.0930. The Labute approximate surface area is 282 Å². The summed E-state index contributed by atoms with van der Waals surface area (Å²) in [5.74, 6) is 0.973. The second kappa shape index (κ2) is 12.7. The van der Waals surface area contributed by atoms with Gasteiger partial charge in [-0.3, -0.25) is 9.28 Å². The summed E-state index contributed by atoms with van der Waals surface area (Å²) >= 11 is 0. The highest BCUT2D eigenvalue weighted by atomic mass is 16.5. The normalized spacial score (nSPS) is 13.0. The van der Waals surface area contributed by atoms with Gasteiger partial charge in [-0.25, -0.2) is 0 Å². The molecule has 0 amide bonds. The van der Waals surface area contributed by atoms with E-state index in [1.165, 1.54) is 29.4 Å². The molecule has 0 aliphatic carbocycles. The molecule has 0 fully saturated rings. The number of carbonyl (C=O) groups is 1. The topological polar surface area (TPSA) is 38.8 Å². The maximum atomic E-state index is 11.5. The number of anilines is 3. The fourth-order valence-electron chi connectivity index (χ4n) is 6.55. The average Bonchev–Trinajstić information content (AvgIpc) is 3.34. The van der Waals surface area contributed by atoms with E-state index in [1.807, 2.05) is 42.5 Å². The summed E-state index contributed by atoms with van der Waals surface area (Å²) in [5.41, 5.74) is 12.6. The lowest BCUT2D eigenvalue weighted by molar-refractivity contribution is -0.131. The molecule has 1 heterocycles. The number of carbonyl (C=O) groups excluding carboxylic acids is 1. The number of esters is 1. The van der Waals surface area contributed by atoms with Crippen LogP contribution < -0.4 is 18.9 Å². The Bertz CT molecular complexity index is 2120. The zero-order chi connectivity index (χ0) is 33.3. The van der Waals surface area contributed by atoms with Crippen LogP contribution in [0.4, 0.5) is 28.4 Å². The van der Waals surface area contributed by atoms with Crippen LogP contribution in [0.25, 0.3) is 22.8 Å². The summed E-state index contributed by atoms with van der Waals surface area (Å²) in [6.07, 6.45) is 2.19. The fourth-order valence-corrected chi connectivity index (χ4v) is 6.55. The predicted molar refractivity (Wildman–Crippen MR) is 198 cm³/mol. The van der Waals surface area contributed by atoms with Crippen molar-refractivity contribution in [3.05, 3.63) is 162 Å². The minimum atomic E-state index is -0.342. The van der Waals surface area contributed by atoms with Crippen LogP contribution in [0.5, 0.6) is 11.5 Å². The largest absolute Gasteiger partial charge is 0.497 e. The van der Waals surface area contributed by atoms with Crippen molar-refractivity contribution in [2.24, 2.45) is 0 Å². The van der Waals surface area contributed by atoms with Crippen molar-refractivity contribution in [2.45, 2.75) is 6.92 Å². The molecular formula is C43H37N2O3+. The van der Waals surface area contributed by atoms with Crippen molar-refractivity contribution in [1.82, 2.24) is 4.48 Å². The van der Waals surface area contributed by atoms with Crippen LogP contribution >= 0.6 is 0 Å². The van der Waals surface area contributed by atoms with E-state index < -0.39 is 0 Å². The molecule has 0 N–H and O–H groups in total. The van der Waals surface area contributed by atoms with Crippen LogP contribution in [0.2, 0.25) is 0 Å². The van der Waals surface area contributed by atoms with Gasteiger partial charge >= 0.3 is 5.97 Å². The molecule has 7 rings (SSSR count). The van der Waals surface area contributed by atoms with Gasteiger partial charge in [-0.1, -0.05) is 66.7 Å². The molecule has 0 unspecified atom stereocenters. The van der Waals surface area contributed by atoms with Gasteiger partial charge in [0.25, 0.3) is 0 Å². The van der Waals surface area contributed by atoms with Gasteiger partial charge in [0.2, 0.25) is 0 Å². The maximum Gasteiger partial charge on any atom is 0.308 e. The third kappa shape index (κ3) is 5.88. The number of nitrogens with zero attached hydrogens (tertiary/aromatic N) is 2. The Hall–Kier alpha value is -5.91. The van der Waals surface area contributed by atoms with Gasteiger partial charge in [-0.2, -0.15) is 0 Å². The SMILES string of the molecule is COc1ccc(C(=Cc2ccc(N(c3ccccc3)c3ccc4c(c3)[N+](C)(C)c3ccccc3-4)cc2)c2ccc(OC(C)=O)cc2)cc1. The van der Waals surface area contributed by atoms with Crippen molar-refractivity contribution in [1.29, 1.82) is 0 Å². The zero-order valence-electron chi connectivity index (χ0n) is 27.6. The molecule has 5 nitrogen and oxygen atoms in total. The first-order chi connectivity index (χ1) is 23.3. The molecular weight excluding hydrogens is 592 g/mol. The summed E-state index contributed by atoms with van der Waals surface area (Å²) in [7, 11) is 6.18. The summed E-state index contributed by atoms with van der Waals surface area (Å²) in [5, 5.41) is 0. The number of benzene rings is 6. The Kier molecular flexibility index (Phi) is 8.14. The first-order valence-electron chi connectivity index (χ1n) is 16.0. The first kappa shape index (κ1) is 30.7. The molecule has 0 radical (unpaired) electrons. The van der Waals surface area contributed by atoms with E-state index >= 15 is 0 Å². The Morgan fingerprint density at radius 3 is 1.81 bits per heavy atom. The van der Waals surface area contributed by atoms with E-state index in [0.29, 0.717) is 10.2 Å². The van der Waals surface area contributed by atoms with Crippen molar-refractivity contribution in [2.75, 3.05) is 26.1 Å². The molecule has 5 heteroatoms. The number of quaternary nitrogens is 1. The van der Waals surface area contributed by atoms with Crippen molar-refractivity contribution in [3.8, 4) is 22.6 Å². The molecule has 0 bridgehead atoms. The van der Waals surface area contributed by atoms with Gasteiger partial charge in [0.05, 0.1) is 26.9 Å². The highest BCUT2D eigenvalue weighted by Crippen LogP contribution is 2.52. The minimum absolute atomic E-state index is 0.342. The van der Waals surface area contributed by atoms with Gasteiger partial charge in [-0.15, -0.1) is 0 Å². The van der Waals surface area contributed by atoms with Crippen molar-refractivity contribution >= 4 is 46.1 Å². The number of para-hydroxylation sites is 2. The second-order valence-electron chi connectivity index (χ2n) is 12.3. The van der Waals surface area contributed by atoms with E-state index in [2.05, 4.69) is 128 Å². The summed E-state index contributed by atoms with van der Waals surface area (Å²) in [4.78, 5) is 13.8. The van der Waals surface area contributed by atoms with Crippen molar-refractivity contribution < 1.29 is 14.3 Å². The van der Waals surface area contributed by atoms with E-state index in [1.54, 1.807) is 7.11 Å². The lowest BCUT2D eigenvalue weighted by Gasteiger charge is -2.28. The van der Waals surface area contributed by atoms with E-state index in [4.69, 9.17) is 9.47 Å². The van der Waals surface area contributed by atoms with E-state index in [9.17, 15) is 4.79 Å². The standard InChI is InChI=1S/C43H37N2O3/c1-30(46)48-38-25-18-33(19-26-38)41(32-16-23-37(47-4)24-17-32)28-31-14-20-35(21-15-31)44(34-10-6-5-7-11-34)36-22-27-40-39-12-8-9-13-42(39)45(2,3)43(40)29-36/h5-29H,1-4H3/q+1. The quantitative estimate of drug-likeness (QED) is 0.0727. The number of hydrogen-bond acceptors (Lipinski definition) is 4.